The molecule has 1 aliphatic heterocycles. The lowest BCUT2D eigenvalue weighted by Crippen LogP contribution is -2.41. The molecule has 1 saturated heterocycles. The molecule has 0 aliphatic carbocycles. The number of fused-ring (bicyclic) bond motifs is 1. The molecule has 26 heavy (non-hydrogen) atoms. The highest BCUT2D eigenvalue weighted by atomic mass is 32.1. The summed E-state index contributed by atoms with van der Waals surface area (Å²) in [5, 5.41) is 6.67. The van der Waals surface area contributed by atoms with Gasteiger partial charge in [0.25, 0.3) is 0 Å². The van der Waals surface area contributed by atoms with E-state index in [2.05, 4.69) is 38.4 Å². The molecule has 0 unspecified atom stereocenters. The second kappa shape index (κ2) is 7.99. The van der Waals surface area contributed by atoms with Crippen LogP contribution < -0.4 is 10.1 Å². The average Bonchev–Trinajstić information content (AvgIpc) is 3.19. The van der Waals surface area contributed by atoms with Gasteiger partial charge in [-0.05, 0) is 29.1 Å². The quantitative estimate of drug-likeness (QED) is 0.719. The van der Waals surface area contributed by atoms with Gasteiger partial charge in [0.05, 0.1) is 31.8 Å². The maximum atomic E-state index is 5.53. The predicted molar refractivity (Wildman–Crippen MR) is 104 cm³/mol. The van der Waals surface area contributed by atoms with Gasteiger partial charge in [-0.3, -0.25) is 4.90 Å². The van der Waals surface area contributed by atoms with Crippen molar-refractivity contribution in [2.45, 2.75) is 6.04 Å². The molecule has 2 aromatic heterocycles. The minimum Gasteiger partial charge on any atom is -0.497 e. The number of aromatic nitrogens is 2. The van der Waals surface area contributed by atoms with Crippen molar-refractivity contribution < 1.29 is 9.47 Å². The number of benzene rings is 1. The minimum atomic E-state index is 0.244. The number of anilines is 1. The summed E-state index contributed by atoms with van der Waals surface area (Å²) in [6, 6.07) is 10.6. The summed E-state index contributed by atoms with van der Waals surface area (Å²) < 4.78 is 10.8. The summed E-state index contributed by atoms with van der Waals surface area (Å²) in [5.74, 6) is 1.77. The van der Waals surface area contributed by atoms with E-state index < -0.39 is 0 Å². The maximum absolute atomic E-state index is 5.53. The Bertz CT molecular complexity index is 846. The fourth-order valence-electron chi connectivity index (χ4n) is 3.30. The number of morpholine rings is 1. The van der Waals surface area contributed by atoms with E-state index in [0.29, 0.717) is 0 Å². The monoisotopic (exact) mass is 370 g/mol. The summed E-state index contributed by atoms with van der Waals surface area (Å²) in [6.45, 7) is 4.17. The zero-order valence-electron chi connectivity index (χ0n) is 14.7. The molecule has 1 aliphatic rings. The summed E-state index contributed by atoms with van der Waals surface area (Å²) in [7, 11) is 1.69. The Labute approximate surface area is 156 Å². The lowest BCUT2D eigenvalue weighted by Gasteiger charge is -2.35. The molecule has 1 aromatic carbocycles. The molecule has 6 nitrogen and oxygen atoms in total. The molecule has 0 radical (unpaired) electrons. The van der Waals surface area contributed by atoms with Crippen LogP contribution in [-0.2, 0) is 4.74 Å². The highest BCUT2D eigenvalue weighted by molar-refractivity contribution is 7.16. The second-order valence-electron chi connectivity index (χ2n) is 6.18. The van der Waals surface area contributed by atoms with E-state index >= 15 is 0 Å². The van der Waals surface area contributed by atoms with Crippen LogP contribution in [0, 0.1) is 0 Å². The van der Waals surface area contributed by atoms with Crippen LogP contribution in [0.3, 0.4) is 0 Å². The topological polar surface area (TPSA) is 59.5 Å². The van der Waals surface area contributed by atoms with Crippen LogP contribution >= 0.6 is 11.3 Å². The number of ether oxygens (including phenoxy) is 2. The van der Waals surface area contributed by atoms with Crippen LogP contribution in [0.4, 0.5) is 5.82 Å². The number of thiophene rings is 1. The van der Waals surface area contributed by atoms with Gasteiger partial charge >= 0.3 is 0 Å². The SMILES string of the molecule is COc1ccc([C@H](CNc2ncnc3sccc23)N2CCOCC2)cc1. The minimum absolute atomic E-state index is 0.244. The third-order valence-corrected chi connectivity index (χ3v) is 5.53. The molecule has 1 fully saturated rings. The van der Waals surface area contributed by atoms with Crippen molar-refractivity contribution in [1.29, 1.82) is 0 Å². The van der Waals surface area contributed by atoms with Gasteiger partial charge in [-0.15, -0.1) is 11.3 Å². The summed E-state index contributed by atoms with van der Waals surface area (Å²) in [5.41, 5.74) is 1.26. The molecule has 3 aromatic rings. The Balaban J connectivity index is 1.56. The van der Waals surface area contributed by atoms with E-state index in [1.165, 1.54) is 5.56 Å². The number of rotatable bonds is 6. The third-order valence-electron chi connectivity index (χ3n) is 4.71. The number of nitrogens with one attached hydrogen (secondary N) is 1. The van der Waals surface area contributed by atoms with Crippen molar-refractivity contribution in [1.82, 2.24) is 14.9 Å². The summed E-state index contributed by atoms with van der Waals surface area (Å²) >= 11 is 1.63. The van der Waals surface area contributed by atoms with Crippen molar-refractivity contribution in [3.8, 4) is 5.75 Å². The predicted octanol–water partition coefficient (Wildman–Crippen LogP) is 3.19. The average molecular weight is 370 g/mol. The van der Waals surface area contributed by atoms with E-state index in [0.717, 1.165) is 54.6 Å². The zero-order chi connectivity index (χ0) is 17.8. The lowest BCUT2D eigenvalue weighted by atomic mass is 10.0. The molecule has 1 atom stereocenters. The van der Waals surface area contributed by atoms with Gasteiger partial charge in [0, 0.05) is 19.6 Å². The van der Waals surface area contributed by atoms with Gasteiger partial charge in [0.2, 0.25) is 0 Å². The molecule has 0 bridgehead atoms. The fourth-order valence-corrected chi connectivity index (χ4v) is 4.03. The molecule has 1 N–H and O–H groups in total. The van der Waals surface area contributed by atoms with Crippen LogP contribution in [0.15, 0.2) is 42.0 Å². The summed E-state index contributed by atoms with van der Waals surface area (Å²) in [4.78, 5) is 12.2. The van der Waals surface area contributed by atoms with Gasteiger partial charge in [-0.2, -0.15) is 0 Å². The first kappa shape index (κ1) is 17.2. The molecule has 0 saturated carbocycles. The van der Waals surface area contributed by atoms with E-state index in [4.69, 9.17) is 9.47 Å². The number of hydrogen-bond acceptors (Lipinski definition) is 7. The molecule has 0 amide bonds. The lowest BCUT2D eigenvalue weighted by molar-refractivity contribution is 0.0187. The molecule has 0 spiro atoms. The van der Waals surface area contributed by atoms with Gasteiger partial charge in [-0.25, -0.2) is 9.97 Å². The van der Waals surface area contributed by atoms with Crippen LogP contribution in [-0.4, -0.2) is 54.8 Å². The normalized spacial score (nSPS) is 16.5. The molecular formula is C19H22N4O2S. The second-order valence-corrected chi connectivity index (χ2v) is 7.07. The van der Waals surface area contributed by atoms with Crippen LogP contribution in [0.5, 0.6) is 5.75 Å². The number of nitrogens with zero attached hydrogens (tertiary/aromatic N) is 3. The first-order valence-corrected chi connectivity index (χ1v) is 9.61. The zero-order valence-corrected chi connectivity index (χ0v) is 15.5. The Morgan fingerprint density at radius 2 is 2.00 bits per heavy atom. The standard InChI is InChI=1S/C19H22N4O2S/c1-24-15-4-2-14(3-5-15)17(23-7-9-25-10-8-23)12-20-18-16-6-11-26-19(16)22-13-21-18/h2-6,11,13,17H,7-10,12H2,1H3,(H,20,21,22)/t17-/m0/s1. The molecular weight excluding hydrogens is 348 g/mol. The van der Waals surface area contributed by atoms with Gasteiger partial charge in [0.1, 0.15) is 22.7 Å². The van der Waals surface area contributed by atoms with E-state index in [1.54, 1.807) is 24.8 Å². The Morgan fingerprint density at radius 1 is 1.19 bits per heavy atom. The molecule has 136 valence electrons. The molecule has 3 heterocycles. The smallest absolute Gasteiger partial charge is 0.138 e. The van der Waals surface area contributed by atoms with Crippen molar-refractivity contribution in [3.05, 3.63) is 47.6 Å². The first-order valence-electron chi connectivity index (χ1n) is 8.73. The van der Waals surface area contributed by atoms with Crippen molar-refractivity contribution in [2.75, 3.05) is 45.3 Å². The largest absolute Gasteiger partial charge is 0.497 e. The number of methoxy groups -OCH3 is 1. The summed E-state index contributed by atoms with van der Waals surface area (Å²) in [6.07, 6.45) is 1.62. The van der Waals surface area contributed by atoms with E-state index in [1.807, 2.05) is 17.5 Å². The van der Waals surface area contributed by atoms with E-state index in [-0.39, 0.29) is 6.04 Å². The first-order chi connectivity index (χ1) is 12.8. The van der Waals surface area contributed by atoms with E-state index in [9.17, 15) is 0 Å². The van der Waals surface area contributed by atoms with Gasteiger partial charge < -0.3 is 14.8 Å². The number of hydrogen-bond donors (Lipinski definition) is 1. The van der Waals surface area contributed by atoms with Crippen molar-refractivity contribution >= 4 is 27.4 Å². The highest BCUT2D eigenvalue weighted by Gasteiger charge is 2.23. The van der Waals surface area contributed by atoms with Gasteiger partial charge in [0.15, 0.2) is 0 Å². The van der Waals surface area contributed by atoms with Crippen LogP contribution in [0.25, 0.3) is 10.2 Å². The Morgan fingerprint density at radius 3 is 2.77 bits per heavy atom. The van der Waals surface area contributed by atoms with Gasteiger partial charge in [-0.1, -0.05) is 12.1 Å². The molecule has 7 heteroatoms. The fraction of sp³-hybridized carbons (Fsp3) is 0.368. The van der Waals surface area contributed by atoms with Crippen molar-refractivity contribution in [3.63, 3.8) is 0 Å². The third kappa shape index (κ3) is 3.65. The highest BCUT2D eigenvalue weighted by Crippen LogP contribution is 2.27. The Hall–Kier alpha value is -2.22. The van der Waals surface area contributed by atoms with Crippen LogP contribution in [0.2, 0.25) is 0 Å². The van der Waals surface area contributed by atoms with Crippen molar-refractivity contribution in [2.24, 2.45) is 0 Å². The Kier molecular flexibility index (Phi) is 5.29. The molecule has 4 rings (SSSR count). The van der Waals surface area contributed by atoms with Crippen LogP contribution in [0.1, 0.15) is 11.6 Å². The maximum Gasteiger partial charge on any atom is 0.138 e.